The number of esters is 1. The second kappa shape index (κ2) is 7.40. The minimum atomic E-state index is -0.772. The first-order chi connectivity index (χ1) is 11.0. The molecule has 23 heavy (non-hydrogen) atoms. The van der Waals surface area contributed by atoms with Crippen LogP contribution in [-0.2, 0) is 11.2 Å². The van der Waals surface area contributed by atoms with E-state index >= 15 is 0 Å². The molecular weight excluding hydrogens is 298 g/mol. The lowest BCUT2D eigenvalue weighted by Crippen LogP contribution is -2.14. The molecule has 120 valence electrons. The normalized spacial score (nSPS) is 11.7. The number of hydrogen-bond acceptors (Lipinski definition) is 5. The minimum absolute atomic E-state index is 0.0854. The molecule has 0 aliphatic heterocycles. The van der Waals surface area contributed by atoms with E-state index in [1.54, 1.807) is 0 Å². The highest BCUT2D eigenvalue weighted by atomic mass is 16.6. The van der Waals surface area contributed by atoms with E-state index in [0.29, 0.717) is 0 Å². The summed E-state index contributed by atoms with van der Waals surface area (Å²) >= 11 is 0. The average Bonchev–Trinajstić information content (AvgIpc) is 2.53. The van der Waals surface area contributed by atoms with E-state index in [9.17, 15) is 20.0 Å². The van der Waals surface area contributed by atoms with Crippen LogP contribution in [0.25, 0.3) is 0 Å². The summed E-state index contributed by atoms with van der Waals surface area (Å²) in [6.45, 7) is 2.10. The predicted molar refractivity (Wildman–Crippen MR) is 84.4 cm³/mol. The molecule has 6 heteroatoms. The van der Waals surface area contributed by atoms with E-state index in [2.05, 4.69) is 0 Å². The van der Waals surface area contributed by atoms with Crippen LogP contribution in [0.5, 0.6) is 5.75 Å². The standard InChI is InChI=1S/C17H17NO5/c1-12(9-13-5-3-2-4-6-13)11-23-17(20)15-10-14(18(21)22)7-8-16(15)19/h2-8,10,12,19H,9,11H2,1H3. The molecule has 2 aromatic rings. The first kappa shape index (κ1) is 16.5. The highest BCUT2D eigenvalue weighted by Crippen LogP contribution is 2.24. The number of carbonyl (C=O) groups excluding carboxylic acids is 1. The molecule has 0 saturated carbocycles. The van der Waals surface area contributed by atoms with Crippen LogP contribution in [0.3, 0.4) is 0 Å². The maximum absolute atomic E-state index is 12.0. The Morgan fingerprint density at radius 1 is 1.26 bits per heavy atom. The molecule has 2 rings (SSSR count). The SMILES string of the molecule is CC(COC(=O)c1cc([N+](=O)[O-])ccc1O)Cc1ccccc1. The fourth-order valence-electron chi connectivity index (χ4n) is 2.17. The summed E-state index contributed by atoms with van der Waals surface area (Å²) in [4.78, 5) is 22.1. The fourth-order valence-corrected chi connectivity index (χ4v) is 2.17. The Kier molecular flexibility index (Phi) is 5.30. The number of ether oxygens (including phenoxy) is 1. The molecule has 0 bridgehead atoms. The first-order valence-corrected chi connectivity index (χ1v) is 7.16. The average molecular weight is 315 g/mol. The summed E-state index contributed by atoms with van der Waals surface area (Å²) in [6.07, 6.45) is 0.745. The Hall–Kier alpha value is -2.89. The molecule has 0 aliphatic rings. The van der Waals surface area contributed by atoms with Gasteiger partial charge in [0.05, 0.1) is 11.5 Å². The van der Waals surface area contributed by atoms with Gasteiger partial charge in [-0.15, -0.1) is 0 Å². The Morgan fingerprint density at radius 2 is 1.96 bits per heavy atom. The molecule has 0 saturated heterocycles. The van der Waals surface area contributed by atoms with E-state index in [1.807, 2.05) is 37.3 Å². The summed E-state index contributed by atoms with van der Waals surface area (Å²) in [5, 5.41) is 20.4. The van der Waals surface area contributed by atoms with Gasteiger partial charge in [0.2, 0.25) is 0 Å². The van der Waals surface area contributed by atoms with Gasteiger partial charge in [-0.1, -0.05) is 37.3 Å². The summed E-state index contributed by atoms with van der Waals surface area (Å²) in [6, 6.07) is 13.0. The maximum atomic E-state index is 12.0. The number of nitro groups is 1. The molecule has 1 atom stereocenters. The molecule has 1 N–H and O–H groups in total. The monoisotopic (exact) mass is 315 g/mol. The number of rotatable bonds is 6. The van der Waals surface area contributed by atoms with Gasteiger partial charge >= 0.3 is 5.97 Å². The van der Waals surface area contributed by atoms with Crippen LogP contribution in [-0.4, -0.2) is 22.6 Å². The summed E-state index contributed by atoms with van der Waals surface area (Å²) in [5.41, 5.74) is 0.660. The van der Waals surface area contributed by atoms with E-state index in [1.165, 1.54) is 0 Å². The van der Waals surface area contributed by atoms with Crippen molar-refractivity contribution in [2.45, 2.75) is 13.3 Å². The van der Waals surface area contributed by atoms with Gasteiger partial charge in [0.15, 0.2) is 0 Å². The minimum Gasteiger partial charge on any atom is -0.507 e. The Balaban J connectivity index is 1.97. The van der Waals surface area contributed by atoms with Crippen molar-refractivity contribution in [2.24, 2.45) is 5.92 Å². The summed E-state index contributed by atoms with van der Waals surface area (Å²) < 4.78 is 5.16. The molecule has 0 amide bonds. The highest BCUT2D eigenvalue weighted by Gasteiger charge is 2.18. The number of phenolic OH excluding ortho intramolecular Hbond substituents is 1. The van der Waals surface area contributed by atoms with Gasteiger partial charge in [0, 0.05) is 12.1 Å². The van der Waals surface area contributed by atoms with Crippen molar-refractivity contribution in [1.82, 2.24) is 0 Å². The molecule has 0 fully saturated rings. The number of benzene rings is 2. The lowest BCUT2D eigenvalue weighted by Gasteiger charge is -2.12. The van der Waals surface area contributed by atoms with Crippen molar-refractivity contribution >= 4 is 11.7 Å². The van der Waals surface area contributed by atoms with Crippen molar-refractivity contribution in [3.63, 3.8) is 0 Å². The third kappa shape index (κ3) is 4.54. The molecular formula is C17H17NO5. The van der Waals surface area contributed by atoms with E-state index in [4.69, 9.17) is 4.74 Å². The van der Waals surface area contributed by atoms with Gasteiger partial charge in [0.1, 0.15) is 11.3 Å². The molecule has 0 aromatic heterocycles. The van der Waals surface area contributed by atoms with E-state index in [0.717, 1.165) is 30.2 Å². The van der Waals surface area contributed by atoms with Crippen molar-refractivity contribution in [3.05, 3.63) is 69.8 Å². The summed E-state index contributed by atoms with van der Waals surface area (Å²) in [7, 11) is 0. The first-order valence-electron chi connectivity index (χ1n) is 7.16. The number of phenols is 1. The van der Waals surface area contributed by atoms with Crippen LogP contribution in [0.15, 0.2) is 48.5 Å². The number of non-ortho nitro benzene ring substituents is 1. The second-order valence-corrected chi connectivity index (χ2v) is 5.35. The molecule has 2 aromatic carbocycles. The van der Waals surface area contributed by atoms with Crippen LogP contribution in [0.1, 0.15) is 22.8 Å². The maximum Gasteiger partial charge on any atom is 0.342 e. The van der Waals surface area contributed by atoms with Crippen LogP contribution >= 0.6 is 0 Å². The lowest BCUT2D eigenvalue weighted by atomic mass is 10.0. The van der Waals surface area contributed by atoms with Crippen molar-refractivity contribution < 1.29 is 19.6 Å². The second-order valence-electron chi connectivity index (χ2n) is 5.35. The molecule has 0 heterocycles. The molecule has 1 unspecified atom stereocenters. The van der Waals surface area contributed by atoms with Crippen LogP contribution in [0, 0.1) is 16.0 Å². The number of aromatic hydroxyl groups is 1. The zero-order chi connectivity index (χ0) is 16.8. The zero-order valence-corrected chi connectivity index (χ0v) is 12.6. The molecule has 0 spiro atoms. The van der Waals surface area contributed by atoms with Gasteiger partial charge in [-0.3, -0.25) is 10.1 Å². The van der Waals surface area contributed by atoms with Crippen LogP contribution < -0.4 is 0 Å². The summed E-state index contributed by atoms with van der Waals surface area (Å²) in [5.74, 6) is -1.02. The fraction of sp³-hybridized carbons (Fsp3) is 0.235. The van der Waals surface area contributed by atoms with Gasteiger partial charge < -0.3 is 9.84 Å². The van der Waals surface area contributed by atoms with Gasteiger partial charge in [-0.05, 0) is 24.0 Å². The highest BCUT2D eigenvalue weighted by molar-refractivity contribution is 5.93. The molecule has 6 nitrogen and oxygen atoms in total. The zero-order valence-electron chi connectivity index (χ0n) is 12.6. The lowest BCUT2D eigenvalue weighted by molar-refractivity contribution is -0.384. The Bertz CT molecular complexity index is 699. The number of nitrogens with zero attached hydrogens (tertiary/aromatic N) is 1. The molecule has 0 aliphatic carbocycles. The smallest absolute Gasteiger partial charge is 0.342 e. The van der Waals surface area contributed by atoms with Crippen molar-refractivity contribution in [2.75, 3.05) is 6.61 Å². The Morgan fingerprint density at radius 3 is 2.61 bits per heavy atom. The topological polar surface area (TPSA) is 89.7 Å². The van der Waals surface area contributed by atoms with E-state index in [-0.39, 0.29) is 29.5 Å². The van der Waals surface area contributed by atoms with Gasteiger partial charge in [-0.25, -0.2) is 4.79 Å². The van der Waals surface area contributed by atoms with Crippen LogP contribution in [0.4, 0.5) is 5.69 Å². The third-order valence-corrected chi connectivity index (χ3v) is 3.34. The van der Waals surface area contributed by atoms with Crippen molar-refractivity contribution in [3.8, 4) is 5.75 Å². The number of hydrogen-bond donors (Lipinski definition) is 1. The number of nitro benzene ring substituents is 1. The van der Waals surface area contributed by atoms with Gasteiger partial charge in [-0.2, -0.15) is 0 Å². The van der Waals surface area contributed by atoms with Gasteiger partial charge in [0.25, 0.3) is 5.69 Å². The molecule has 0 radical (unpaired) electrons. The number of carbonyl (C=O) groups is 1. The quantitative estimate of drug-likeness (QED) is 0.501. The van der Waals surface area contributed by atoms with Crippen molar-refractivity contribution in [1.29, 1.82) is 0 Å². The largest absolute Gasteiger partial charge is 0.507 e. The Labute approximate surface area is 133 Å². The third-order valence-electron chi connectivity index (χ3n) is 3.34. The predicted octanol–water partition coefficient (Wildman–Crippen LogP) is 3.34. The van der Waals surface area contributed by atoms with E-state index < -0.39 is 10.9 Å². The van der Waals surface area contributed by atoms with Crippen LogP contribution in [0.2, 0.25) is 0 Å².